The molecular formula is C15H16N4O3S2. The van der Waals surface area contributed by atoms with Gasteiger partial charge in [0.2, 0.25) is 0 Å². The van der Waals surface area contributed by atoms with Crippen LogP contribution in [-0.2, 0) is 22.7 Å². The molecule has 3 rings (SSSR count). The lowest BCUT2D eigenvalue weighted by molar-refractivity contribution is -0.141. The predicted octanol–water partition coefficient (Wildman–Crippen LogP) is 3.16. The van der Waals surface area contributed by atoms with Crippen molar-refractivity contribution in [1.29, 1.82) is 0 Å². The molecule has 3 aromatic heterocycles. The van der Waals surface area contributed by atoms with E-state index in [0.29, 0.717) is 16.6 Å². The highest BCUT2D eigenvalue weighted by atomic mass is 32.2. The molecule has 24 heavy (non-hydrogen) atoms. The molecule has 0 saturated carbocycles. The zero-order valence-corrected chi connectivity index (χ0v) is 14.9. The summed E-state index contributed by atoms with van der Waals surface area (Å²) < 4.78 is 12.1. The molecule has 7 nitrogen and oxygen atoms in total. The van der Waals surface area contributed by atoms with Crippen LogP contribution in [0.25, 0.3) is 10.7 Å². The Kier molecular flexibility index (Phi) is 5.31. The summed E-state index contributed by atoms with van der Waals surface area (Å²) in [7, 11) is 0. The molecule has 0 bridgehead atoms. The first kappa shape index (κ1) is 16.7. The van der Waals surface area contributed by atoms with Crippen LogP contribution in [0.2, 0.25) is 0 Å². The molecule has 0 atom stereocenters. The van der Waals surface area contributed by atoms with Crippen molar-refractivity contribution in [1.82, 2.24) is 19.9 Å². The number of nitrogens with zero attached hydrogens (tertiary/aromatic N) is 4. The van der Waals surface area contributed by atoms with Gasteiger partial charge in [0.25, 0.3) is 0 Å². The van der Waals surface area contributed by atoms with Gasteiger partial charge in [-0.05, 0) is 25.3 Å². The fourth-order valence-corrected chi connectivity index (χ4v) is 3.59. The van der Waals surface area contributed by atoms with E-state index in [1.165, 1.54) is 11.8 Å². The molecule has 0 fully saturated rings. The van der Waals surface area contributed by atoms with Crippen molar-refractivity contribution in [2.75, 3.05) is 5.75 Å². The maximum atomic E-state index is 11.9. The summed E-state index contributed by atoms with van der Waals surface area (Å²) in [5, 5.41) is 14.9. The molecule has 126 valence electrons. The number of hydrogen-bond donors (Lipinski definition) is 0. The predicted molar refractivity (Wildman–Crippen MR) is 90.8 cm³/mol. The molecule has 0 spiro atoms. The van der Waals surface area contributed by atoms with Crippen molar-refractivity contribution < 1.29 is 14.1 Å². The molecular weight excluding hydrogens is 348 g/mol. The smallest absolute Gasteiger partial charge is 0.316 e. The van der Waals surface area contributed by atoms with Gasteiger partial charge in [0.15, 0.2) is 11.0 Å². The van der Waals surface area contributed by atoms with E-state index >= 15 is 0 Å². The van der Waals surface area contributed by atoms with Crippen molar-refractivity contribution >= 4 is 29.1 Å². The minimum Gasteiger partial charge on any atom is -0.458 e. The fourth-order valence-electron chi connectivity index (χ4n) is 2.07. The van der Waals surface area contributed by atoms with Crippen LogP contribution in [-0.4, -0.2) is 31.6 Å². The summed E-state index contributed by atoms with van der Waals surface area (Å²) in [6.07, 6.45) is 0. The molecule has 0 aliphatic rings. The second kappa shape index (κ2) is 7.63. The lowest BCUT2D eigenvalue weighted by Crippen LogP contribution is -2.08. The lowest BCUT2D eigenvalue weighted by atomic mass is 10.4. The van der Waals surface area contributed by atoms with Crippen LogP contribution in [0.4, 0.5) is 0 Å². The van der Waals surface area contributed by atoms with E-state index in [9.17, 15) is 4.79 Å². The summed E-state index contributed by atoms with van der Waals surface area (Å²) >= 11 is 2.92. The molecule has 0 N–H and O–H groups in total. The molecule has 0 amide bonds. The third-order valence-corrected chi connectivity index (χ3v) is 4.96. The van der Waals surface area contributed by atoms with E-state index in [0.717, 1.165) is 17.2 Å². The first-order valence-corrected chi connectivity index (χ1v) is 9.21. The molecule has 0 aliphatic heterocycles. The molecule has 3 aromatic rings. The van der Waals surface area contributed by atoms with Crippen LogP contribution in [0.1, 0.15) is 18.4 Å². The lowest BCUT2D eigenvalue weighted by Gasteiger charge is -2.06. The third-order valence-electron chi connectivity index (χ3n) is 3.15. The van der Waals surface area contributed by atoms with Crippen LogP contribution in [0, 0.1) is 6.92 Å². The minimum atomic E-state index is -0.330. The summed E-state index contributed by atoms with van der Waals surface area (Å²) in [6.45, 7) is 4.65. The van der Waals surface area contributed by atoms with Crippen LogP contribution in [0.3, 0.4) is 0 Å². The Labute approximate surface area is 147 Å². The molecule has 0 unspecified atom stereocenters. The largest absolute Gasteiger partial charge is 0.458 e. The second-order valence-corrected chi connectivity index (χ2v) is 6.80. The fraction of sp³-hybridized carbons (Fsp3) is 0.333. The number of aromatic nitrogens is 4. The van der Waals surface area contributed by atoms with Gasteiger partial charge in [-0.25, -0.2) is 0 Å². The number of carbonyl (C=O) groups is 1. The van der Waals surface area contributed by atoms with E-state index in [4.69, 9.17) is 9.26 Å². The Bertz CT molecular complexity index is 811. The molecule has 0 aromatic carbocycles. The topological polar surface area (TPSA) is 83.0 Å². The number of esters is 1. The summed E-state index contributed by atoms with van der Waals surface area (Å²) in [6, 6.07) is 5.72. The number of thiophene rings is 1. The van der Waals surface area contributed by atoms with Crippen LogP contribution in [0.15, 0.2) is 33.3 Å². The van der Waals surface area contributed by atoms with Crippen LogP contribution >= 0.6 is 23.1 Å². The zero-order valence-electron chi connectivity index (χ0n) is 13.3. The Morgan fingerprint density at radius 1 is 1.46 bits per heavy atom. The molecule has 0 radical (unpaired) electrons. The van der Waals surface area contributed by atoms with E-state index in [2.05, 4.69) is 15.4 Å². The number of ether oxygens (including phenoxy) is 1. The number of carbonyl (C=O) groups excluding carboxylic acids is 1. The van der Waals surface area contributed by atoms with Gasteiger partial charge in [0.1, 0.15) is 18.1 Å². The normalized spacial score (nSPS) is 10.9. The molecule has 9 heteroatoms. The summed E-state index contributed by atoms with van der Waals surface area (Å²) in [5.41, 5.74) is 0.600. The third kappa shape index (κ3) is 3.85. The van der Waals surface area contributed by atoms with Gasteiger partial charge in [-0.3, -0.25) is 4.79 Å². The minimum absolute atomic E-state index is 0.109. The highest BCUT2D eigenvalue weighted by molar-refractivity contribution is 7.99. The van der Waals surface area contributed by atoms with Gasteiger partial charge in [-0.15, -0.1) is 21.5 Å². The van der Waals surface area contributed by atoms with E-state index in [-0.39, 0.29) is 18.3 Å². The number of aryl methyl sites for hydroxylation is 1. The Balaban J connectivity index is 1.57. The van der Waals surface area contributed by atoms with E-state index < -0.39 is 0 Å². The van der Waals surface area contributed by atoms with Gasteiger partial charge in [-0.1, -0.05) is 23.0 Å². The number of rotatable bonds is 7. The maximum Gasteiger partial charge on any atom is 0.316 e. The van der Waals surface area contributed by atoms with Gasteiger partial charge in [-0.2, -0.15) is 0 Å². The second-order valence-electron chi connectivity index (χ2n) is 4.91. The van der Waals surface area contributed by atoms with Gasteiger partial charge >= 0.3 is 5.97 Å². The van der Waals surface area contributed by atoms with Crippen molar-refractivity contribution in [3.63, 3.8) is 0 Å². The SMILES string of the molecule is CCn1c(SCC(=O)OCc2cc(C)on2)nnc1-c1cccs1. The average Bonchev–Trinajstić information content (AvgIpc) is 3.30. The molecule has 0 saturated heterocycles. The highest BCUT2D eigenvalue weighted by Crippen LogP contribution is 2.27. The number of thioether (sulfide) groups is 1. The Hall–Kier alpha value is -2.13. The molecule has 0 aliphatic carbocycles. The quantitative estimate of drug-likeness (QED) is 0.470. The first-order valence-electron chi connectivity index (χ1n) is 7.35. The Morgan fingerprint density at radius 2 is 2.33 bits per heavy atom. The Morgan fingerprint density at radius 3 is 3.00 bits per heavy atom. The molecule has 3 heterocycles. The summed E-state index contributed by atoms with van der Waals surface area (Å²) in [5.74, 6) is 1.34. The van der Waals surface area contributed by atoms with E-state index in [1.807, 2.05) is 29.0 Å². The maximum absolute atomic E-state index is 11.9. The van der Waals surface area contributed by atoms with Crippen molar-refractivity contribution in [3.05, 3.63) is 35.0 Å². The van der Waals surface area contributed by atoms with Gasteiger partial charge in [0, 0.05) is 12.6 Å². The van der Waals surface area contributed by atoms with Crippen molar-refractivity contribution in [2.24, 2.45) is 0 Å². The van der Waals surface area contributed by atoms with Crippen LogP contribution < -0.4 is 0 Å². The van der Waals surface area contributed by atoms with Crippen molar-refractivity contribution in [3.8, 4) is 10.7 Å². The van der Waals surface area contributed by atoms with Crippen molar-refractivity contribution in [2.45, 2.75) is 32.2 Å². The monoisotopic (exact) mass is 364 g/mol. The number of hydrogen-bond acceptors (Lipinski definition) is 8. The van der Waals surface area contributed by atoms with Gasteiger partial charge in [0.05, 0.1) is 10.6 Å². The summed E-state index contributed by atoms with van der Waals surface area (Å²) in [4.78, 5) is 12.9. The first-order chi connectivity index (χ1) is 11.7. The van der Waals surface area contributed by atoms with Crippen LogP contribution in [0.5, 0.6) is 0 Å². The van der Waals surface area contributed by atoms with E-state index in [1.54, 1.807) is 24.3 Å². The zero-order chi connectivity index (χ0) is 16.9. The standard InChI is InChI=1S/C15H16N4O3S2/c1-3-19-14(12-5-4-6-23-12)16-17-15(19)24-9-13(20)21-8-11-7-10(2)22-18-11/h4-7H,3,8-9H2,1-2H3. The average molecular weight is 364 g/mol. The highest BCUT2D eigenvalue weighted by Gasteiger charge is 2.15. The van der Waals surface area contributed by atoms with Gasteiger partial charge < -0.3 is 13.8 Å².